The molecule has 2 aliphatic rings. The molecule has 0 unspecified atom stereocenters. The first-order chi connectivity index (χ1) is 13.7. The summed E-state index contributed by atoms with van der Waals surface area (Å²) in [7, 11) is 1.63. The van der Waals surface area contributed by atoms with E-state index in [-0.39, 0.29) is 18.1 Å². The fourth-order valence-electron chi connectivity index (χ4n) is 3.41. The number of thiophene rings is 1. The summed E-state index contributed by atoms with van der Waals surface area (Å²) in [5.41, 5.74) is 1.38. The van der Waals surface area contributed by atoms with E-state index in [0.29, 0.717) is 19.2 Å². The van der Waals surface area contributed by atoms with Crippen molar-refractivity contribution in [1.82, 2.24) is 10.2 Å². The smallest absolute Gasteiger partial charge is 0.475 e. The minimum Gasteiger partial charge on any atom is -0.475 e. The van der Waals surface area contributed by atoms with Crippen molar-refractivity contribution in [3.8, 4) is 0 Å². The molecule has 0 radical (unpaired) electrons. The number of rotatable bonds is 6. The monoisotopic (exact) mass is 438 g/mol. The predicted molar refractivity (Wildman–Crippen MR) is 99.6 cm³/mol. The van der Waals surface area contributed by atoms with Crippen molar-refractivity contribution < 1.29 is 37.3 Å². The number of aliphatic carboxylic acids is 1. The van der Waals surface area contributed by atoms with Crippen LogP contribution >= 0.6 is 11.3 Å². The number of carboxylic acids is 1. The van der Waals surface area contributed by atoms with E-state index in [9.17, 15) is 18.0 Å². The molecule has 29 heavy (non-hydrogen) atoms. The number of alkyl halides is 3. The molecule has 1 aromatic rings. The van der Waals surface area contributed by atoms with Crippen LogP contribution in [-0.4, -0.2) is 73.1 Å². The highest BCUT2D eigenvalue weighted by Crippen LogP contribution is 2.32. The van der Waals surface area contributed by atoms with Crippen LogP contribution < -0.4 is 5.32 Å². The Hall–Kier alpha value is -1.69. The third-order valence-electron chi connectivity index (χ3n) is 4.77. The lowest BCUT2D eigenvalue weighted by Crippen LogP contribution is -2.48. The zero-order valence-electron chi connectivity index (χ0n) is 16.0. The summed E-state index contributed by atoms with van der Waals surface area (Å²) < 4.78 is 42.7. The molecule has 7 nitrogen and oxygen atoms in total. The third kappa shape index (κ3) is 7.25. The molecule has 0 bridgehead atoms. The molecular formula is C18H25F3N2O5S. The van der Waals surface area contributed by atoms with Crippen molar-refractivity contribution in [2.45, 2.75) is 50.2 Å². The van der Waals surface area contributed by atoms with Gasteiger partial charge >= 0.3 is 12.1 Å². The van der Waals surface area contributed by atoms with Crippen LogP contribution in [0.4, 0.5) is 13.2 Å². The number of fused-ring (bicyclic) bond motifs is 1. The fraction of sp³-hybridized carbons (Fsp3) is 0.667. The van der Waals surface area contributed by atoms with Crippen LogP contribution in [0.3, 0.4) is 0 Å². The van der Waals surface area contributed by atoms with E-state index in [1.54, 1.807) is 18.4 Å². The molecule has 2 N–H and O–H groups in total. The Morgan fingerprint density at radius 2 is 2.10 bits per heavy atom. The third-order valence-corrected chi connectivity index (χ3v) is 5.50. The maximum absolute atomic E-state index is 12.1. The van der Waals surface area contributed by atoms with Crippen molar-refractivity contribution in [2.24, 2.45) is 0 Å². The van der Waals surface area contributed by atoms with Crippen LogP contribution in [0.1, 0.15) is 24.8 Å². The molecule has 0 aromatic carbocycles. The van der Waals surface area contributed by atoms with Gasteiger partial charge in [0.2, 0.25) is 5.91 Å². The number of carbonyl (C=O) groups excluding carboxylic acids is 1. The molecule has 11 heteroatoms. The van der Waals surface area contributed by atoms with Gasteiger partial charge in [-0.05, 0) is 41.7 Å². The van der Waals surface area contributed by atoms with Gasteiger partial charge in [0.1, 0.15) is 6.10 Å². The van der Waals surface area contributed by atoms with E-state index in [1.807, 2.05) is 0 Å². The number of halogens is 3. The normalized spacial score (nSPS) is 24.3. The number of methoxy groups -OCH3 is 1. The molecule has 3 atom stereocenters. The Morgan fingerprint density at radius 1 is 1.38 bits per heavy atom. The molecule has 1 aromatic heterocycles. The van der Waals surface area contributed by atoms with Crippen LogP contribution in [0, 0.1) is 0 Å². The van der Waals surface area contributed by atoms with Gasteiger partial charge in [0.05, 0.1) is 12.7 Å². The molecule has 2 aliphatic heterocycles. The maximum atomic E-state index is 12.1. The second-order valence-electron chi connectivity index (χ2n) is 6.79. The highest BCUT2D eigenvalue weighted by atomic mass is 32.1. The molecule has 3 rings (SSSR count). The van der Waals surface area contributed by atoms with Crippen molar-refractivity contribution >= 4 is 23.2 Å². The predicted octanol–water partition coefficient (Wildman–Crippen LogP) is 2.27. The zero-order valence-corrected chi connectivity index (χ0v) is 16.8. The number of hydrogen-bond acceptors (Lipinski definition) is 6. The van der Waals surface area contributed by atoms with Crippen LogP contribution in [0.2, 0.25) is 0 Å². The second kappa shape index (κ2) is 10.9. The van der Waals surface area contributed by atoms with Gasteiger partial charge in [-0.15, -0.1) is 0 Å². The number of ether oxygens (including phenoxy) is 2. The number of nitrogens with one attached hydrogen (secondary N) is 1. The summed E-state index contributed by atoms with van der Waals surface area (Å²) in [6.07, 6.45) is -2.31. The Balaban J connectivity index is 0.000000370. The van der Waals surface area contributed by atoms with Crippen LogP contribution in [-0.2, 0) is 25.6 Å². The first-order valence-electron chi connectivity index (χ1n) is 9.19. The SMILES string of the molecule is COCCNC(=O)[C@@H]1CC[C@@H]2[C@@H](CCN2Cc2ccsc2)O1.O=C(O)C(F)(F)F. The molecular weight excluding hydrogens is 413 g/mol. The quantitative estimate of drug-likeness (QED) is 0.663. The van der Waals surface area contributed by atoms with Crippen molar-refractivity contribution in [3.63, 3.8) is 0 Å². The number of nitrogens with zero attached hydrogens (tertiary/aromatic N) is 1. The minimum absolute atomic E-state index is 0.00628. The molecule has 1 amide bonds. The van der Waals surface area contributed by atoms with Crippen LogP contribution in [0.5, 0.6) is 0 Å². The Kier molecular flexibility index (Phi) is 8.87. The van der Waals surface area contributed by atoms with Gasteiger partial charge in [-0.25, -0.2) is 4.79 Å². The summed E-state index contributed by atoms with van der Waals surface area (Å²) >= 11 is 1.74. The van der Waals surface area contributed by atoms with E-state index in [0.717, 1.165) is 32.4 Å². The van der Waals surface area contributed by atoms with Crippen molar-refractivity contribution in [2.75, 3.05) is 26.8 Å². The topological polar surface area (TPSA) is 88.1 Å². The number of carboxylic acid groups (broad SMARTS) is 1. The van der Waals surface area contributed by atoms with E-state index in [2.05, 4.69) is 27.0 Å². The maximum Gasteiger partial charge on any atom is 0.490 e. The Labute approximate surface area is 170 Å². The largest absolute Gasteiger partial charge is 0.490 e. The number of likely N-dealkylation sites (tertiary alicyclic amines) is 1. The van der Waals surface area contributed by atoms with E-state index < -0.39 is 12.1 Å². The minimum atomic E-state index is -5.08. The highest BCUT2D eigenvalue weighted by molar-refractivity contribution is 7.07. The molecule has 0 saturated carbocycles. The first kappa shape index (κ1) is 23.6. The van der Waals surface area contributed by atoms with Gasteiger partial charge < -0.3 is 19.9 Å². The lowest BCUT2D eigenvalue weighted by atomic mass is 9.98. The van der Waals surface area contributed by atoms with E-state index in [4.69, 9.17) is 19.4 Å². The van der Waals surface area contributed by atoms with Crippen LogP contribution in [0.25, 0.3) is 0 Å². The second-order valence-corrected chi connectivity index (χ2v) is 7.57. The van der Waals surface area contributed by atoms with Crippen molar-refractivity contribution in [1.29, 1.82) is 0 Å². The average molecular weight is 438 g/mol. The van der Waals surface area contributed by atoms with Gasteiger partial charge in [0, 0.05) is 32.8 Å². The molecule has 2 saturated heterocycles. The van der Waals surface area contributed by atoms with Gasteiger partial charge in [0.25, 0.3) is 0 Å². The van der Waals surface area contributed by atoms with Gasteiger partial charge in [-0.1, -0.05) is 0 Å². The van der Waals surface area contributed by atoms with Crippen LogP contribution in [0.15, 0.2) is 16.8 Å². The summed E-state index contributed by atoms with van der Waals surface area (Å²) in [5.74, 6) is -2.75. The highest BCUT2D eigenvalue weighted by Gasteiger charge is 2.41. The molecule has 164 valence electrons. The van der Waals surface area contributed by atoms with Crippen molar-refractivity contribution in [3.05, 3.63) is 22.4 Å². The summed E-state index contributed by atoms with van der Waals surface area (Å²) in [6, 6.07) is 2.65. The summed E-state index contributed by atoms with van der Waals surface area (Å²) in [4.78, 5) is 23.5. The molecule has 2 fully saturated rings. The van der Waals surface area contributed by atoms with Gasteiger partial charge in [-0.2, -0.15) is 24.5 Å². The van der Waals surface area contributed by atoms with Gasteiger partial charge in [0.15, 0.2) is 0 Å². The average Bonchev–Trinajstić information content (AvgIpc) is 3.32. The number of amides is 1. The lowest BCUT2D eigenvalue weighted by molar-refractivity contribution is -0.192. The van der Waals surface area contributed by atoms with Gasteiger partial charge in [-0.3, -0.25) is 9.69 Å². The lowest BCUT2D eigenvalue weighted by Gasteiger charge is -2.35. The Morgan fingerprint density at radius 3 is 2.69 bits per heavy atom. The molecule has 3 heterocycles. The number of hydrogen-bond donors (Lipinski definition) is 2. The summed E-state index contributed by atoms with van der Waals surface area (Å²) in [5, 5.41) is 14.3. The fourth-order valence-corrected chi connectivity index (χ4v) is 4.07. The first-order valence-corrected chi connectivity index (χ1v) is 10.1. The van der Waals surface area contributed by atoms with E-state index >= 15 is 0 Å². The standard InChI is InChI=1S/C16H24N2O3S.C2HF3O2/c1-20-8-6-17-16(19)15-3-2-13-14(21-15)4-7-18(13)10-12-5-9-22-11-12;3-2(4,5)1(6)7/h5,9,11,13-15H,2-4,6-8,10H2,1H3,(H,17,19);(H,6,7)/t13-,14-,15+;/m1./s1. The summed E-state index contributed by atoms with van der Waals surface area (Å²) in [6.45, 7) is 3.15. The molecule has 0 spiro atoms. The Bertz CT molecular complexity index is 656. The number of carbonyl (C=O) groups is 2. The zero-order chi connectivity index (χ0) is 21.4. The molecule has 0 aliphatic carbocycles. The van der Waals surface area contributed by atoms with E-state index in [1.165, 1.54) is 5.56 Å².